The second-order valence-corrected chi connectivity index (χ2v) is 5.73. The van der Waals surface area contributed by atoms with Crippen LogP contribution in [0.1, 0.15) is 46.5 Å². The minimum absolute atomic E-state index is 0.188. The molecule has 15 heavy (non-hydrogen) atoms. The van der Waals surface area contributed by atoms with Crippen LogP contribution >= 0.6 is 11.6 Å². The van der Waals surface area contributed by atoms with Gasteiger partial charge >= 0.3 is 0 Å². The average molecular weight is 232 g/mol. The van der Waals surface area contributed by atoms with Crippen molar-refractivity contribution in [1.29, 1.82) is 0 Å². The number of hydrogen-bond donors (Lipinski definition) is 1. The molecule has 0 heterocycles. The molecule has 0 bridgehead atoms. The van der Waals surface area contributed by atoms with Crippen LogP contribution in [0, 0.1) is 11.8 Å². The molecule has 1 rings (SSSR count). The molecule has 0 aromatic carbocycles. The van der Waals surface area contributed by atoms with E-state index in [4.69, 9.17) is 11.6 Å². The zero-order valence-corrected chi connectivity index (χ0v) is 10.7. The molecule has 1 aliphatic carbocycles. The summed E-state index contributed by atoms with van der Waals surface area (Å²) in [5.41, 5.74) is -0.276. The van der Waals surface area contributed by atoms with Crippen LogP contribution in [0.4, 0.5) is 0 Å². The number of alkyl halides is 1. The quantitative estimate of drug-likeness (QED) is 0.744. The maximum atomic E-state index is 11.9. The highest BCUT2D eigenvalue weighted by Gasteiger charge is 2.27. The Balaban J connectivity index is 2.41. The van der Waals surface area contributed by atoms with Crippen molar-refractivity contribution in [2.45, 2.75) is 52.0 Å². The second kappa shape index (κ2) is 5.20. The lowest BCUT2D eigenvalue weighted by Gasteiger charge is -2.30. The van der Waals surface area contributed by atoms with Crippen LogP contribution in [0.15, 0.2) is 0 Å². The fourth-order valence-electron chi connectivity index (χ4n) is 1.99. The number of amides is 1. The molecule has 1 N–H and O–H groups in total. The first kappa shape index (κ1) is 12.8. The van der Waals surface area contributed by atoms with E-state index < -0.39 is 0 Å². The molecular formula is C12H22ClNO. The van der Waals surface area contributed by atoms with Crippen molar-refractivity contribution in [1.82, 2.24) is 5.32 Å². The summed E-state index contributed by atoms with van der Waals surface area (Å²) in [5, 5.41) is 3.02. The third-order valence-electron chi connectivity index (χ3n) is 3.18. The first-order chi connectivity index (χ1) is 6.94. The van der Waals surface area contributed by atoms with Gasteiger partial charge in [0.2, 0.25) is 5.91 Å². The monoisotopic (exact) mass is 231 g/mol. The van der Waals surface area contributed by atoms with Crippen LogP contribution in [0.2, 0.25) is 0 Å². The molecule has 0 saturated heterocycles. The highest BCUT2D eigenvalue weighted by Crippen LogP contribution is 2.28. The van der Waals surface area contributed by atoms with Crippen LogP contribution in [-0.4, -0.2) is 17.3 Å². The Morgan fingerprint density at radius 1 is 1.33 bits per heavy atom. The molecule has 0 spiro atoms. The molecule has 0 radical (unpaired) electrons. The van der Waals surface area contributed by atoms with Crippen molar-refractivity contribution in [3.63, 3.8) is 0 Å². The Morgan fingerprint density at radius 2 is 1.87 bits per heavy atom. The fourth-order valence-corrected chi connectivity index (χ4v) is 2.06. The Bertz CT molecular complexity index is 220. The van der Waals surface area contributed by atoms with E-state index in [0.717, 1.165) is 18.8 Å². The third-order valence-corrected chi connectivity index (χ3v) is 3.85. The van der Waals surface area contributed by atoms with E-state index in [2.05, 4.69) is 12.2 Å². The van der Waals surface area contributed by atoms with Crippen molar-refractivity contribution in [2.24, 2.45) is 11.8 Å². The van der Waals surface area contributed by atoms with Crippen LogP contribution in [0.3, 0.4) is 0 Å². The standard InChI is InChI=1S/C12H22ClNO/c1-9-4-6-10(7-5-9)11(15)14-12(2,3)8-13/h9-10H,4-8H2,1-3H3,(H,14,15). The van der Waals surface area contributed by atoms with E-state index in [9.17, 15) is 4.79 Å². The summed E-state index contributed by atoms with van der Waals surface area (Å²) >= 11 is 5.78. The lowest BCUT2D eigenvalue weighted by atomic mass is 9.82. The zero-order valence-electron chi connectivity index (χ0n) is 9.98. The number of halogens is 1. The van der Waals surface area contributed by atoms with Crippen LogP contribution in [-0.2, 0) is 4.79 Å². The molecule has 0 aromatic heterocycles. The summed E-state index contributed by atoms with van der Waals surface area (Å²) in [5.74, 6) is 1.65. The Kier molecular flexibility index (Phi) is 4.45. The Labute approximate surface area is 97.8 Å². The summed E-state index contributed by atoms with van der Waals surface area (Å²) in [7, 11) is 0. The second-order valence-electron chi connectivity index (χ2n) is 5.46. The van der Waals surface area contributed by atoms with Gasteiger partial charge in [-0.3, -0.25) is 4.79 Å². The van der Waals surface area contributed by atoms with Gasteiger partial charge in [-0.2, -0.15) is 0 Å². The van der Waals surface area contributed by atoms with Gasteiger partial charge in [0, 0.05) is 17.3 Å². The highest BCUT2D eigenvalue weighted by atomic mass is 35.5. The summed E-state index contributed by atoms with van der Waals surface area (Å²) < 4.78 is 0. The van der Waals surface area contributed by atoms with Crippen molar-refractivity contribution >= 4 is 17.5 Å². The number of nitrogens with one attached hydrogen (secondary N) is 1. The van der Waals surface area contributed by atoms with Gasteiger partial charge < -0.3 is 5.32 Å². The minimum atomic E-state index is -0.276. The summed E-state index contributed by atoms with van der Waals surface area (Å²) in [6, 6.07) is 0. The molecule has 88 valence electrons. The van der Waals surface area contributed by atoms with Crippen molar-refractivity contribution in [3.8, 4) is 0 Å². The van der Waals surface area contributed by atoms with Gasteiger partial charge in [0.25, 0.3) is 0 Å². The van der Waals surface area contributed by atoms with Crippen LogP contribution in [0.5, 0.6) is 0 Å². The maximum Gasteiger partial charge on any atom is 0.223 e. The molecule has 1 aliphatic rings. The third kappa shape index (κ3) is 4.02. The average Bonchev–Trinajstić information content (AvgIpc) is 2.18. The summed E-state index contributed by atoms with van der Waals surface area (Å²) in [6.07, 6.45) is 4.43. The Morgan fingerprint density at radius 3 is 2.33 bits per heavy atom. The van der Waals surface area contributed by atoms with Gasteiger partial charge in [0.1, 0.15) is 0 Å². The van der Waals surface area contributed by atoms with Crippen LogP contribution in [0.25, 0.3) is 0 Å². The number of hydrogen-bond acceptors (Lipinski definition) is 1. The molecule has 2 nitrogen and oxygen atoms in total. The number of carbonyl (C=O) groups excluding carboxylic acids is 1. The van der Waals surface area contributed by atoms with E-state index in [1.54, 1.807) is 0 Å². The van der Waals surface area contributed by atoms with Crippen molar-refractivity contribution < 1.29 is 4.79 Å². The number of rotatable bonds is 3. The molecule has 1 fully saturated rings. The highest BCUT2D eigenvalue weighted by molar-refractivity contribution is 6.18. The molecule has 0 aromatic rings. The topological polar surface area (TPSA) is 29.1 Å². The smallest absolute Gasteiger partial charge is 0.223 e. The van der Waals surface area contributed by atoms with Gasteiger partial charge in [-0.25, -0.2) is 0 Å². The number of carbonyl (C=O) groups is 1. The van der Waals surface area contributed by atoms with E-state index in [-0.39, 0.29) is 17.4 Å². The van der Waals surface area contributed by atoms with Crippen molar-refractivity contribution in [3.05, 3.63) is 0 Å². The largest absolute Gasteiger partial charge is 0.350 e. The predicted octanol–water partition coefficient (Wildman–Crippen LogP) is 2.95. The van der Waals surface area contributed by atoms with Gasteiger partial charge in [0.15, 0.2) is 0 Å². The van der Waals surface area contributed by atoms with E-state index >= 15 is 0 Å². The molecule has 1 amide bonds. The summed E-state index contributed by atoms with van der Waals surface area (Å²) in [4.78, 5) is 11.9. The predicted molar refractivity (Wildman–Crippen MR) is 64.1 cm³/mol. The lowest BCUT2D eigenvalue weighted by molar-refractivity contribution is -0.127. The Hall–Kier alpha value is -0.240. The molecule has 0 unspecified atom stereocenters. The van der Waals surface area contributed by atoms with Crippen molar-refractivity contribution in [2.75, 3.05) is 5.88 Å². The van der Waals surface area contributed by atoms with Gasteiger partial charge in [0.05, 0.1) is 0 Å². The molecule has 0 aliphatic heterocycles. The zero-order chi connectivity index (χ0) is 11.5. The lowest BCUT2D eigenvalue weighted by Crippen LogP contribution is -2.47. The van der Waals surface area contributed by atoms with E-state index in [1.807, 2.05) is 13.8 Å². The first-order valence-electron chi connectivity index (χ1n) is 5.82. The molecule has 3 heteroatoms. The molecule has 0 atom stereocenters. The minimum Gasteiger partial charge on any atom is -0.350 e. The van der Waals surface area contributed by atoms with Gasteiger partial charge in [-0.05, 0) is 45.4 Å². The SMILES string of the molecule is CC1CCC(C(=O)NC(C)(C)CCl)CC1. The molecule has 1 saturated carbocycles. The van der Waals surface area contributed by atoms with Gasteiger partial charge in [-0.15, -0.1) is 11.6 Å². The van der Waals surface area contributed by atoms with E-state index in [0.29, 0.717) is 5.88 Å². The normalized spacial score (nSPS) is 27.5. The fraction of sp³-hybridized carbons (Fsp3) is 0.917. The first-order valence-corrected chi connectivity index (χ1v) is 6.36. The summed E-state index contributed by atoms with van der Waals surface area (Å²) in [6.45, 7) is 6.18. The maximum absolute atomic E-state index is 11.9. The van der Waals surface area contributed by atoms with Gasteiger partial charge in [-0.1, -0.05) is 6.92 Å². The van der Waals surface area contributed by atoms with Crippen LogP contribution < -0.4 is 5.32 Å². The van der Waals surface area contributed by atoms with E-state index in [1.165, 1.54) is 12.8 Å². The molecular weight excluding hydrogens is 210 g/mol.